The lowest BCUT2D eigenvalue weighted by Gasteiger charge is -2.14. The average Bonchev–Trinajstić information content (AvgIpc) is 2.87. The van der Waals surface area contributed by atoms with Crippen LogP contribution in [-0.2, 0) is 16.1 Å². The molecule has 0 radical (unpaired) electrons. The Morgan fingerprint density at radius 1 is 1.08 bits per heavy atom. The van der Waals surface area contributed by atoms with Gasteiger partial charge >= 0.3 is 0 Å². The maximum Gasteiger partial charge on any atom is 0.262 e. The lowest BCUT2D eigenvalue weighted by molar-refractivity contribution is -0.118. The number of carbonyl (C=O) groups excluding carboxylic acids is 2. The van der Waals surface area contributed by atoms with E-state index in [1.54, 1.807) is 12.1 Å². The Morgan fingerprint density at radius 3 is 2.50 bits per heavy atom. The minimum Gasteiger partial charge on any atom is -0.493 e. The van der Waals surface area contributed by atoms with E-state index in [9.17, 15) is 14.9 Å². The first kappa shape index (κ1) is 26.8. The summed E-state index contributed by atoms with van der Waals surface area (Å²) in [7, 11) is 1.49. The summed E-state index contributed by atoms with van der Waals surface area (Å²) in [6.07, 6.45) is 1.49. The molecule has 0 atom stereocenters. The van der Waals surface area contributed by atoms with Crippen molar-refractivity contribution in [3.63, 3.8) is 0 Å². The number of aryl methyl sites for hydroxylation is 2. The third kappa shape index (κ3) is 7.33. The lowest BCUT2D eigenvalue weighted by atomic mass is 10.1. The summed E-state index contributed by atoms with van der Waals surface area (Å²) in [5, 5.41) is 15.1. The van der Waals surface area contributed by atoms with Crippen molar-refractivity contribution in [3.8, 4) is 17.6 Å². The second kappa shape index (κ2) is 12.7. The van der Waals surface area contributed by atoms with Crippen LogP contribution in [0.3, 0.4) is 0 Å². The summed E-state index contributed by atoms with van der Waals surface area (Å²) in [4.78, 5) is 25.0. The molecule has 2 N–H and O–H groups in total. The molecule has 0 heterocycles. The Labute approximate surface area is 224 Å². The van der Waals surface area contributed by atoms with Crippen molar-refractivity contribution in [1.29, 1.82) is 5.26 Å². The summed E-state index contributed by atoms with van der Waals surface area (Å²) < 4.78 is 11.9. The number of nitrogens with one attached hydrogen (secondary N) is 2. The van der Waals surface area contributed by atoms with Crippen LogP contribution >= 0.6 is 22.6 Å². The predicted molar refractivity (Wildman–Crippen MR) is 148 cm³/mol. The molecular formula is C28H26IN3O4. The summed E-state index contributed by atoms with van der Waals surface area (Å²) in [5.74, 6) is 0.0110. The third-order valence-corrected chi connectivity index (χ3v) is 6.03. The van der Waals surface area contributed by atoms with E-state index in [0.717, 1.165) is 22.4 Å². The molecule has 0 fully saturated rings. The number of rotatable bonds is 9. The van der Waals surface area contributed by atoms with Gasteiger partial charge in [0.1, 0.15) is 11.6 Å². The van der Waals surface area contributed by atoms with Crippen LogP contribution < -0.4 is 20.1 Å². The molecule has 3 rings (SSSR count). The van der Waals surface area contributed by atoms with Crippen LogP contribution in [0.15, 0.2) is 66.2 Å². The van der Waals surface area contributed by atoms with E-state index in [4.69, 9.17) is 9.47 Å². The van der Waals surface area contributed by atoms with E-state index in [1.807, 2.05) is 68.4 Å². The SMILES string of the molecule is COc1cc(/C=C(\C#N)C(=O)NCc2ccccc2)cc(I)c1OCC(=O)Nc1ccc(C)cc1C. The van der Waals surface area contributed by atoms with Gasteiger partial charge in [-0.05, 0) is 77.4 Å². The van der Waals surface area contributed by atoms with Crippen LogP contribution in [-0.4, -0.2) is 25.5 Å². The van der Waals surface area contributed by atoms with E-state index in [2.05, 4.69) is 33.2 Å². The van der Waals surface area contributed by atoms with Crippen molar-refractivity contribution in [1.82, 2.24) is 5.32 Å². The molecule has 8 heteroatoms. The number of anilines is 1. The highest BCUT2D eigenvalue weighted by molar-refractivity contribution is 14.1. The molecule has 0 saturated carbocycles. The average molecular weight is 595 g/mol. The Morgan fingerprint density at radius 2 is 1.83 bits per heavy atom. The molecule has 0 aliphatic rings. The molecule has 0 spiro atoms. The zero-order chi connectivity index (χ0) is 26.1. The second-order valence-corrected chi connectivity index (χ2v) is 9.19. The molecule has 3 aromatic rings. The number of methoxy groups -OCH3 is 1. The van der Waals surface area contributed by atoms with Crippen LogP contribution in [0, 0.1) is 28.7 Å². The Hall–Kier alpha value is -3.84. The van der Waals surface area contributed by atoms with Crippen LogP contribution in [0.1, 0.15) is 22.3 Å². The number of hydrogen-bond acceptors (Lipinski definition) is 5. The first-order valence-corrected chi connectivity index (χ1v) is 12.2. The lowest BCUT2D eigenvalue weighted by Crippen LogP contribution is -2.23. The van der Waals surface area contributed by atoms with Gasteiger partial charge in [-0.25, -0.2) is 0 Å². The van der Waals surface area contributed by atoms with Crippen LogP contribution in [0.2, 0.25) is 0 Å². The van der Waals surface area contributed by atoms with E-state index in [1.165, 1.54) is 13.2 Å². The smallest absolute Gasteiger partial charge is 0.262 e. The van der Waals surface area contributed by atoms with Gasteiger partial charge in [0.25, 0.3) is 11.8 Å². The number of carbonyl (C=O) groups is 2. The number of amides is 2. The maximum atomic E-state index is 12.5. The summed E-state index contributed by atoms with van der Waals surface area (Å²) in [6, 6.07) is 20.6. The number of nitrogens with zero attached hydrogens (tertiary/aromatic N) is 1. The minimum absolute atomic E-state index is 0.0368. The number of halogens is 1. The maximum absolute atomic E-state index is 12.5. The van der Waals surface area contributed by atoms with Crippen molar-refractivity contribution in [2.75, 3.05) is 19.0 Å². The van der Waals surface area contributed by atoms with Gasteiger partial charge in [-0.1, -0.05) is 48.0 Å². The second-order valence-electron chi connectivity index (χ2n) is 8.03. The monoisotopic (exact) mass is 595 g/mol. The fourth-order valence-electron chi connectivity index (χ4n) is 3.43. The van der Waals surface area contributed by atoms with Crippen molar-refractivity contribution < 1.29 is 19.1 Å². The zero-order valence-electron chi connectivity index (χ0n) is 20.2. The normalized spacial score (nSPS) is 10.8. The molecule has 0 aromatic heterocycles. The van der Waals surface area contributed by atoms with Gasteiger partial charge in [-0.3, -0.25) is 9.59 Å². The Bertz CT molecular complexity index is 1330. The van der Waals surface area contributed by atoms with Gasteiger partial charge in [0, 0.05) is 12.2 Å². The zero-order valence-corrected chi connectivity index (χ0v) is 22.4. The van der Waals surface area contributed by atoms with Crippen molar-refractivity contribution in [2.45, 2.75) is 20.4 Å². The van der Waals surface area contributed by atoms with E-state index < -0.39 is 5.91 Å². The summed E-state index contributed by atoms with van der Waals surface area (Å²) in [5.41, 5.74) is 4.30. The minimum atomic E-state index is -0.473. The first-order valence-electron chi connectivity index (χ1n) is 11.1. The molecule has 2 amide bonds. The summed E-state index contributed by atoms with van der Waals surface area (Å²) in [6.45, 7) is 4.03. The van der Waals surface area contributed by atoms with Crippen LogP contribution in [0.4, 0.5) is 5.69 Å². The first-order chi connectivity index (χ1) is 17.3. The molecule has 0 unspecified atom stereocenters. The fraction of sp³-hybridized carbons (Fsp3) is 0.179. The van der Waals surface area contributed by atoms with E-state index in [-0.39, 0.29) is 18.1 Å². The molecule has 0 saturated heterocycles. The molecule has 0 aliphatic heterocycles. The molecule has 3 aromatic carbocycles. The van der Waals surface area contributed by atoms with Gasteiger partial charge < -0.3 is 20.1 Å². The standard InChI is InChI=1S/C28H26IN3O4/c1-18-9-10-24(19(2)11-18)32-26(33)17-36-27-23(29)13-21(14-25(27)35-3)12-22(15-30)28(34)31-16-20-7-5-4-6-8-20/h4-14H,16-17H2,1-3H3,(H,31,34)(H,32,33)/b22-12+. The molecule has 0 bridgehead atoms. The van der Waals surface area contributed by atoms with Gasteiger partial charge in [0.2, 0.25) is 0 Å². The predicted octanol–water partition coefficient (Wildman–Crippen LogP) is 5.16. The van der Waals surface area contributed by atoms with Crippen molar-refractivity contribution in [3.05, 3.63) is 92.1 Å². The molecule has 36 heavy (non-hydrogen) atoms. The van der Waals surface area contributed by atoms with Crippen molar-refractivity contribution >= 4 is 46.2 Å². The van der Waals surface area contributed by atoms with Crippen LogP contribution in [0.5, 0.6) is 11.5 Å². The van der Waals surface area contributed by atoms with Gasteiger partial charge in [-0.2, -0.15) is 5.26 Å². The highest BCUT2D eigenvalue weighted by atomic mass is 127. The number of hydrogen-bond donors (Lipinski definition) is 2. The van der Waals surface area contributed by atoms with E-state index >= 15 is 0 Å². The van der Waals surface area contributed by atoms with Crippen molar-refractivity contribution in [2.24, 2.45) is 0 Å². The highest BCUT2D eigenvalue weighted by Gasteiger charge is 2.15. The van der Waals surface area contributed by atoms with Crippen LogP contribution in [0.25, 0.3) is 6.08 Å². The van der Waals surface area contributed by atoms with Gasteiger partial charge in [0.05, 0.1) is 10.7 Å². The largest absolute Gasteiger partial charge is 0.493 e. The Kier molecular flexibility index (Phi) is 9.47. The van der Waals surface area contributed by atoms with Gasteiger partial charge in [-0.15, -0.1) is 0 Å². The molecule has 7 nitrogen and oxygen atoms in total. The Balaban J connectivity index is 1.70. The highest BCUT2D eigenvalue weighted by Crippen LogP contribution is 2.34. The number of ether oxygens (including phenoxy) is 2. The number of benzene rings is 3. The third-order valence-electron chi connectivity index (χ3n) is 5.23. The quantitative estimate of drug-likeness (QED) is 0.202. The molecular weight excluding hydrogens is 569 g/mol. The van der Waals surface area contributed by atoms with E-state index in [0.29, 0.717) is 27.2 Å². The summed E-state index contributed by atoms with van der Waals surface area (Å²) >= 11 is 2.07. The topological polar surface area (TPSA) is 100 Å². The fourth-order valence-corrected chi connectivity index (χ4v) is 4.21. The van der Waals surface area contributed by atoms with Gasteiger partial charge in [0.15, 0.2) is 18.1 Å². The number of nitriles is 1. The molecule has 0 aliphatic carbocycles. The molecule has 184 valence electrons.